The minimum Gasteiger partial charge on any atom is -0.351 e. The molecule has 4 aromatic rings. The van der Waals surface area contributed by atoms with Gasteiger partial charge in [0.1, 0.15) is 0 Å². The summed E-state index contributed by atoms with van der Waals surface area (Å²) in [6, 6.07) is 28.9. The molecule has 0 aliphatic carbocycles. The van der Waals surface area contributed by atoms with E-state index in [0.29, 0.717) is 13.1 Å². The Labute approximate surface area is 189 Å². The van der Waals surface area contributed by atoms with Crippen molar-refractivity contribution < 1.29 is 4.79 Å². The fourth-order valence-electron chi connectivity index (χ4n) is 3.66. The Morgan fingerprint density at radius 1 is 0.781 bits per heavy atom. The van der Waals surface area contributed by atoms with Crippen molar-refractivity contribution in [3.63, 3.8) is 0 Å². The number of nitrogens with one attached hydrogen (secondary N) is 1. The molecule has 0 atom stereocenters. The summed E-state index contributed by atoms with van der Waals surface area (Å²) in [5, 5.41) is 3.07. The summed E-state index contributed by atoms with van der Waals surface area (Å²) in [4.78, 5) is 19.0. The largest absolute Gasteiger partial charge is 0.351 e. The van der Waals surface area contributed by atoms with Gasteiger partial charge in [0, 0.05) is 38.6 Å². The minimum atomic E-state index is 0.0272. The van der Waals surface area contributed by atoms with Crippen molar-refractivity contribution in [2.24, 2.45) is 0 Å². The third-order valence-electron chi connectivity index (χ3n) is 5.30. The molecule has 5 nitrogen and oxygen atoms in total. The topological polar surface area (TPSA) is 50.2 Å². The Morgan fingerprint density at radius 2 is 1.38 bits per heavy atom. The van der Waals surface area contributed by atoms with E-state index in [1.54, 1.807) is 6.20 Å². The molecule has 4 rings (SSSR count). The zero-order chi connectivity index (χ0) is 22.0. The number of imidazole rings is 1. The molecule has 0 spiro atoms. The molecule has 0 bridgehead atoms. The molecule has 0 saturated heterocycles. The molecule has 5 heteroatoms. The van der Waals surface area contributed by atoms with E-state index >= 15 is 0 Å². The Balaban J connectivity index is 1.32. The van der Waals surface area contributed by atoms with Gasteiger partial charge in [-0.25, -0.2) is 4.98 Å². The highest BCUT2D eigenvalue weighted by Crippen LogP contribution is 2.10. The smallest absolute Gasteiger partial charge is 0.234 e. The van der Waals surface area contributed by atoms with Crippen LogP contribution in [0.5, 0.6) is 0 Å². The molecule has 32 heavy (non-hydrogen) atoms. The molecule has 0 saturated carbocycles. The van der Waals surface area contributed by atoms with Gasteiger partial charge in [-0.1, -0.05) is 84.9 Å². The number of nitrogens with zero attached hydrogens (tertiary/aromatic N) is 3. The molecule has 0 unspecified atom stereocenters. The van der Waals surface area contributed by atoms with Gasteiger partial charge in [-0.15, -0.1) is 0 Å². The van der Waals surface area contributed by atoms with Crippen molar-refractivity contribution >= 4 is 5.91 Å². The molecule has 1 amide bonds. The summed E-state index contributed by atoms with van der Waals surface area (Å²) in [6.45, 7) is 3.12. The lowest BCUT2D eigenvalue weighted by atomic mass is 10.1. The van der Waals surface area contributed by atoms with Gasteiger partial charge in [-0.05, 0) is 22.3 Å². The number of carbonyl (C=O) groups is 1. The van der Waals surface area contributed by atoms with E-state index in [9.17, 15) is 4.79 Å². The first-order valence-corrected chi connectivity index (χ1v) is 10.8. The molecule has 3 aromatic carbocycles. The first-order chi connectivity index (χ1) is 15.7. The summed E-state index contributed by atoms with van der Waals surface area (Å²) in [5.41, 5.74) is 4.69. The second kappa shape index (κ2) is 11.1. The highest BCUT2D eigenvalue weighted by Gasteiger charge is 2.12. The summed E-state index contributed by atoms with van der Waals surface area (Å²) in [5.74, 6) is 0.0272. The van der Waals surface area contributed by atoms with E-state index in [1.165, 1.54) is 16.7 Å². The van der Waals surface area contributed by atoms with Gasteiger partial charge in [0.25, 0.3) is 0 Å². The molecule has 1 aromatic heterocycles. The quantitative estimate of drug-likeness (QED) is 0.414. The fourth-order valence-corrected chi connectivity index (χ4v) is 3.66. The molecule has 0 radical (unpaired) electrons. The Morgan fingerprint density at radius 3 is 1.94 bits per heavy atom. The van der Waals surface area contributed by atoms with Crippen LogP contribution in [0.4, 0.5) is 0 Å². The van der Waals surface area contributed by atoms with E-state index in [1.807, 2.05) is 53.5 Å². The van der Waals surface area contributed by atoms with Gasteiger partial charge >= 0.3 is 0 Å². The van der Waals surface area contributed by atoms with E-state index < -0.39 is 0 Å². The summed E-state index contributed by atoms with van der Waals surface area (Å²) in [7, 11) is 0. The van der Waals surface area contributed by atoms with Crippen molar-refractivity contribution in [2.75, 3.05) is 6.54 Å². The summed E-state index contributed by atoms with van der Waals surface area (Å²) >= 11 is 0. The third-order valence-corrected chi connectivity index (χ3v) is 5.30. The molecule has 1 N–H and O–H groups in total. The molecule has 1 heterocycles. The van der Waals surface area contributed by atoms with Crippen molar-refractivity contribution in [1.82, 2.24) is 19.8 Å². The van der Waals surface area contributed by atoms with Gasteiger partial charge < -0.3 is 9.88 Å². The second-order valence-corrected chi connectivity index (χ2v) is 7.94. The zero-order valence-corrected chi connectivity index (χ0v) is 18.1. The Kier molecular flexibility index (Phi) is 7.45. The maximum Gasteiger partial charge on any atom is 0.234 e. The summed E-state index contributed by atoms with van der Waals surface area (Å²) in [6.07, 6.45) is 5.54. The second-order valence-electron chi connectivity index (χ2n) is 7.94. The number of benzene rings is 3. The standard InChI is InChI=1S/C27H28N4O/c32-27(29-17-23-11-13-26(14-12-23)18-30-16-15-28-22-30)21-31(19-24-7-3-1-4-8-24)20-25-9-5-2-6-10-25/h1-16,22H,17-21H2,(H,29,32). The molecular formula is C27H28N4O. The number of hydrogen-bond donors (Lipinski definition) is 1. The van der Waals surface area contributed by atoms with Gasteiger partial charge in [0.05, 0.1) is 12.9 Å². The van der Waals surface area contributed by atoms with Gasteiger partial charge in [0.2, 0.25) is 5.91 Å². The van der Waals surface area contributed by atoms with Gasteiger partial charge in [-0.2, -0.15) is 0 Å². The zero-order valence-electron chi connectivity index (χ0n) is 18.1. The van der Waals surface area contributed by atoms with Crippen molar-refractivity contribution in [2.45, 2.75) is 26.2 Å². The fraction of sp³-hybridized carbons (Fsp3) is 0.185. The highest BCUT2D eigenvalue weighted by atomic mass is 16.2. The van der Waals surface area contributed by atoms with E-state index in [4.69, 9.17) is 0 Å². The molecule has 0 fully saturated rings. The predicted octanol–water partition coefficient (Wildman–Crippen LogP) is 4.25. The molecule has 0 aliphatic heterocycles. The average Bonchev–Trinajstić information content (AvgIpc) is 3.33. The van der Waals surface area contributed by atoms with Crippen LogP contribution in [-0.2, 0) is 31.0 Å². The van der Waals surface area contributed by atoms with Crippen LogP contribution in [0.25, 0.3) is 0 Å². The van der Waals surface area contributed by atoms with E-state index in [0.717, 1.165) is 25.2 Å². The van der Waals surface area contributed by atoms with Crippen molar-refractivity contribution in [3.8, 4) is 0 Å². The van der Waals surface area contributed by atoms with Gasteiger partial charge in [0.15, 0.2) is 0 Å². The number of aromatic nitrogens is 2. The van der Waals surface area contributed by atoms with E-state index in [2.05, 4.69) is 63.7 Å². The molecular weight excluding hydrogens is 396 g/mol. The van der Waals surface area contributed by atoms with Crippen LogP contribution < -0.4 is 5.32 Å². The van der Waals surface area contributed by atoms with Crippen LogP contribution in [0.3, 0.4) is 0 Å². The lowest BCUT2D eigenvalue weighted by Gasteiger charge is -2.22. The normalized spacial score (nSPS) is 10.9. The van der Waals surface area contributed by atoms with Crippen LogP contribution in [-0.4, -0.2) is 26.9 Å². The lowest BCUT2D eigenvalue weighted by Crippen LogP contribution is -2.36. The first kappa shape index (κ1) is 21.5. The number of carbonyl (C=O) groups excluding carboxylic acids is 1. The molecule has 162 valence electrons. The maximum atomic E-state index is 12.7. The van der Waals surface area contributed by atoms with Crippen LogP contribution in [0.2, 0.25) is 0 Å². The number of amides is 1. The number of hydrogen-bond acceptors (Lipinski definition) is 3. The Hall–Kier alpha value is -3.70. The average molecular weight is 425 g/mol. The van der Waals surface area contributed by atoms with Crippen molar-refractivity contribution in [1.29, 1.82) is 0 Å². The van der Waals surface area contributed by atoms with Crippen LogP contribution in [0.15, 0.2) is 104 Å². The summed E-state index contributed by atoms with van der Waals surface area (Å²) < 4.78 is 2.03. The third kappa shape index (κ3) is 6.65. The first-order valence-electron chi connectivity index (χ1n) is 10.8. The minimum absolute atomic E-state index is 0.0272. The van der Waals surface area contributed by atoms with Crippen LogP contribution >= 0.6 is 0 Å². The van der Waals surface area contributed by atoms with Crippen molar-refractivity contribution in [3.05, 3.63) is 126 Å². The highest BCUT2D eigenvalue weighted by molar-refractivity contribution is 5.78. The predicted molar refractivity (Wildman–Crippen MR) is 127 cm³/mol. The number of rotatable bonds is 10. The van der Waals surface area contributed by atoms with Gasteiger partial charge in [-0.3, -0.25) is 9.69 Å². The molecule has 0 aliphatic rings. The SMILES string of the molecule is O=C(CN(Cc1ccccc1)Cc1ccccc1)NCc1ccc(Cn2ccnc2)cc1. The monoisotopic (exact) mass is 424 g/mol. The van der Waals surface area contributed by atoms with Crippen LogP contribution in [0, 0.1) is 0 Å². The Bertz CT molecular complexity index is 1040. The maximum absolute atomic E-state index is 12.7. The van der Waals surface area contributed by atoms with Crippen LogP contribution in [0.1, 0.15) is 22.3 Å². The lowest BCUT2D eigenvalue weighted by molar-refractivity contribution is -0.122. The van der Waals surface area contributed by atoms with E-state index in [-0.39, 0.29) is 5.91 Å².